The number of hydrogen-bond acceptors (Lipinski definition) is 3. The number of carbonyl (C=O) groups is 1. The maximum absolute atomic E-state index is 12.7. The van der Waals surface area contributed by atoms with Crippen LogP contribution in [0.15, 0.2) is 24.3 Å². The Morgan fingerprint density at radius 1 is 1.18 bits per heavy atom. The standard InChI is InChI=1S/C20H21F3N4O/c1-10-18(24-19(28)17-15-12-4-5-13(8-12)16(15)17)25-26-27(10)9-11-2-6-14(7-3-11)20(21,22)23/h2-3,6-7,12-13,15-17H,4-5,8-9H2,1H3,(H,24,28)/t12-,13-,15+,16+/m0/s1. The summed E-state index contributed by atoms with van der Waals surface area (Å²) in [6, 6.07) is 4.99. The van der Waals surface area contributed by atoms with Gasteiger partial charge in [0.15, 0.2) is 5.82 Å². The van der Waals surface area contributed by atoms with Crippen molar-refractivity contribution < 1.29 is 18.0 Å². The second-order valence-corrected chi connectivity index (χ2v) is 8.38. The Balaban J connectivity index is 1.25. The summed E-state index contributed by atoms with van der Waals surface area (Å²) in [6.07, 6.45) is -0.531. The fourth-order valence-corrected chi connectivity index (χ4v) is 5.47. The predicted molar refractivity (Wildman–Crippen MR) is 95.2 cm³/mol. The Labute approximate surface area is 160 Å². The lowest BCUT2D eigenvalue weighted by atomic mass is 10.0. The maximum Gasteiger partial charge on any atom is 0.416 e. The Morgan fingerprint density at radius 3 is 2.43 bits per heavy atom. The molecule has 1 N–H and O–H groups in total. The van der Waals surface area contributed by atoms with E-state index in [0.29, 0.717) is 35.5 Å². The topological polar surface area (TPSA) is 59.8 Å². The summed E-state index contributed by atoms with van der Waals surface area (Å²) in [7, 11) is 0. The highest BCUT2D eigenvalue weighted by atomic mass is 19.4. The first-order valence-electron chi connectivity index (χ1n) is 9.70. The highest BCUT2D eigenvalue weighted by Gasteiger charge is 2.67. The zero-order valence-electron chi connectivity index (χ0n) is 15.4. The Morgan fingerprint density at radius 2 is 1.82 bits per heavy atom. The molecule has 4 atom stereocenters. The predicted octanol–water partition coefficient (Wildman–Crippen LogP) is 3.88. The van der Waals surface area contributed by atoms with Gasteiger partial charge in [-0.05, 0) is 67.6 Å². The number of benzene rings is 1. The van der Waals surface area contributed by atoms with E-state index in [1.165, 1.54) is 31.4 Å². The van der Waals surface area contributed by atoms with Gasteiger partial charge in [0, 0.05) is 5.92 Å². The first-order valence-corrected chi connectivity index (χ1v) is 9.70. The van der Waals surface area contributed by atoms with Crippen LogP contribution in [-0.4, -0.2) is 20.9 Å². The minimum atomic E-state index is -4.35. The van der Waals surface area contributed by atoms with Gasteiger partial charge >= 0.3 is 6.18 Å². The van der Waals surface area contributed by atoms with Crippen LogP contribution >= 0.6 is 0 Å². The molecule has 3 fully saturated rings. The van der Waals surface area contributed by atoms with E-state index >= 15 is 0 Å². The third kappa shape index (κ3) is 2.81. The highest BCUT2D eigenvalue weighted by Crippen LogP contribution is 2.69. The molecule has 8 heteroatoms. The summed E-state index contributed by atoms with van der Waals surface area (Å²) in [5.74, 6) is 3.16. The molecule has 1 heterocycles. The zero-order chi connectivity index (χ0) is 19.6. The molecule has 1 aromatic carbocycles. The molecule has 0 aliphatic heterocycles. The molecule has 3 saturated carbocycles. The van der Waals surface area contributed by atoms with Gasteiger partial charge in [0.2, 0.25) is 5.91 Å². The molecule has 1 aromatic heterocycles. The van der Waals surface area contributed by atoms with E-state index in [1.807, 2.05) is 0 Å². The summed E-state index contributed by atoms with van der Waals surface area (Å²) in [5, 5.41) is 11.0. The second-order valence-electron chi connectivity index (χ2n) is 8.38. The van der Waals surface area contributed by atoms with Gasteiger partial charge in [-0.2, -0.15) is 13.2 Å². The average Bonchev–Trinajstić information content (AvgIpc) is 2.90. The number of aromatic nitrogens is 3. The summed E-state index contributed by atoms with van der Waals surface area (Å²) in [4.78, 5) is 12.7. The van der Waals surface area contributed by atoms with E-state index in [-0.39, 0.29) is 11.8 Å². The van der Waals surface area contributed by atoms with E-state index in [0.717, 1.165) is 24.0 Å². The van der Waals surface area contributed by atoms with Crippen molar-refractivity contribution in [3.8, 4) is 0 Å². The minimum Gasteiger partial charge on any atom is -0.307 e. The molecular weight excluding hydrogens is 369 g/mol. The van der Waals surface area contributed by atoms with Crippen LogP contribution < -0.4 is 5.32 Å². The molecule has 3 aliphatic rings. The van der Waals surface area contributed by atoms with Gasteiger partial charge in [0.25, 0.3) is 0 Å². The number of anilines is 1. The van der Waals surface area contributed by atoms with Crippen LogP contribution in [0.1, 0.15) is 36.1 Å². The van der Waals surface area contributed by atoms with E-state index in [4.69, 9.17) is 0 Å². The van der Waals surface area contributed by atoms with Gasteiger partial charge in [-0.3, -0.25) is 4.79 Å². The van der Waals surface area contributed by atoms with Crippen molar-refractivity contribution in [2.24, 2.45) is 29.6 Å². The zero-order valence-corrected chi connectivity index (χ0v) is 15.4. The van der Waals surface area contributed by atoms with Crippen LogP contribution in [-0.2, 0) is 17.5 Å². The molecular formula is C20H21F3N4O. The minimum absolute atomic E-state index is 0.0382. The van der Waals surface area contributed by atoms with Crippen molar-refractivity contribution in [2.45, 2.75) is 38.9 Å². The lowest BCUT2D eigenvalue weighted by Crippen LogP contribution is -2.19. The maximum atomic E-state index is 12.7. The third-order valence-corrected chi connectivity index (χ3v) is 6.88. The van der Waals surface area contributed by atoms with Crippen molar-refractivity contribution in [1.29, 1.82) is 0 Å². The van der Waals surface area contributed by atoms with Crippen LogP contribution in [0.3, 0.4) is 0 Å². The van der Waals surface area contributed by atoms with Gasteiger partial charge in [0.1, 0.15) is 0 Å². The number of rotatable bonds is 4. The van der Waals surface area contributed by atoms with Crippen LogP contribution in [0.2, 0.25) is 0 Å². The molecule has 5 rings (SSSR count). The quantitative estimate of drug-likeness (QED) is 0.862. The Bertz CT molecular complexity index is 905. The van der Waals surface area contributed by atoms with Gasteiger partial charge in [-0.1, -0.05) is 17.3 Å². The molecule has 148 valence electrons. The number of fused-ring (bicyclic) bond motifs is 5. The summed E-state index contributed by atoms with van der Waals surface area (Å²) in [5.41, 5.74) is 0.706. The van der Waals surface area contributed by atoms with Gasteiger partial charge in [0.05, 0.1) is 17.8 Å². The van der Waals surface area contributed by atoms with Gasteiger partial charge in [-0.25, -0.2) is 4.68 Å². The third-order valence-electron chi connectivity index (χ3n) is 6.88. The molecule has 1 amide bonds. The van der Waals surface area contributed by atoms with Crippen LogP contribution in [0, 0.1) is 36.5 Å². The fourth-order valence-electron chi connectivity index (χ4n) is 5.47. The van der Waals surface area contributed by atoms with E-state index in [2.05, 4.69) is 15.6 Å². The molecule has 2 aromatic rings. The monoisotopic (exact) mass is 390 g/mol. The number of nitrogens with one attached hydrogen (secondary N) is 1. The number of alkyl halides is 3. The molecule has 5 nitrogen and oxygen atoms in total. The molecule has 28 heavy (non-hydrogen) atoms. The average molecular weight is 390 g/mol. The summed E-state index contributed by atoms with van der Waals surface area (Å²) < 4.78 is 39.6. The smallest absolute Gasteiger partial charge is 0.307 e. The van der Waals surface area contributed by atoms with Crippen molar-refractivity contribution >= 4 is 11.7 Å². The largest absolute Gasteiger partial charge is 0.416 e. The first kappa shape index (κ1) is 17.7. The van der Waals surface area contributed by atoms with Crippen molar-refractivity contribution in [3.05, 3.63) is 41.1 Å². The molecule has 0 radical (unpaired) electrons. The molecule has 0 saturated heterocycles. The SMILES string of the molecule is Cc1c(NC(=O)C2[C@@H]3[C@H]4CC[C@@H](C4)[C@@H]23)nnn1Cc1ccc(C(F)(F)F)cc1. The van der Waals surface area contributed by atoms with Gasteiger partial charge < -0.3 is 5.32 Å². The molecule has 0 unspecified atom stereocenters. The molecule has 0 spiro atoms. The Kier molecular flexibility index (Phi) is 3.83. The van der Waals surface area contributed by atoms with Crippen molar-refractivity contribution in [2.75, 3.05) is 5.32 Å². The van der Waals surface area contributed by atoms with Crippen LogP contribution in [0.5, 0.6) is 0 Å². The number of amides is 1. The second kappa shape index (κ2) is 6.06. The lowest BCUT2D eigenvalue weighted by molar-refractivity contribution is -0.137. The fraction of sp³-hybridized carbons (Fsp3) is 0.550. The summed E-state index contributed by atoms with van der Waals surface area (Å²) in [6.45, 7) is 2.10. The number of carbonyl (C=O) groups excluding carboxylic acids is 1. The first-order chi connectivity index (χ1) is 13.3. The van der Waals surface area contributed by atoms with E-state index < -0.39 is 11.7 Å². The highest BCUT2D eigenvalue weighted by molar-refractivity contribution is 5.94. The molecule has 2 bridgehead atoms. The van der Waals surface area contributed by atoms with E-state index in [1.54, 1.807) is 11.6 Å². The van der Waals surface area contributed by atoms with Crippen molar-refractivity contribution in [1.82, 2.24) is 15.0 Å². The summed E-state index contributed by atoms with van der Waals surface area (Å²) >= 11 is 0. The number of halogens is 3. The molecule has 3 aliphatic carbocycles. The Hall–Kier alpha value is -2.38. The van der Waals surface area contributed by atoms with Crippen LogP contribution in [0.4, 0.5) is 19.0 Å². The van der Waals surface area contributed by atoms with Crippen molar-refractivity contribution in [3.63, 3.8) is 0 Å². The number of hydrogen-bond donors (Lipinski definition) is 1. The lowest BCUT2D eigenvalue weighted by Gasteiger charge is -2.09. The van der Waals surface area contributed by atoms with Crippen LogP contribution in [0.25, 0.3) is 0 Å². The van der Waals surface area contributed by atoms with Gasteiger partial charge in [-0.15, -0.1) is 5.10 Å². The normalized spacial score (nSPS) is 30.4. The number of nitrogens with zero attached hydrogens (tertiary/aromatic N) is 3. The van der Waals surface area contributed by atoms with E-state index in [9.17, 15) is 18.0 Å².